The molecule has 1 aliphatic heterocycles. The second kappa shape index (κ2) is 4.10. The van der Waals surface area contributed by atoms with Crippen molar-refractivity contribution in [3.05, 3.63) is 0 Å². The van der Waals surface area contributed by atoms with Crippen LogP contribution in [0, 0.1) is 11.3 Å². The minimum absolute atomic E-state index is 0.0929. The van der Waals surface area contributed by atoms with Crippen LogP contribution in [0.3, 0.4) is 0 Å². The van der Waals surface area contributed by atoms with Gasteiger partial charge < -0.3 is 14.6 Å². The van der Waals surface area contributed by atoms with E-state index in [9.17, 15) is 4.79 Å². The number of carbonyl (C=O) groups is 1. The van der Waals surface area contributed by atoms with E-state index in [0.717, 1.165) is 38.9 Å². The Hall–Kier alpha value is -0.610. The number of carboxylic acids is 1. The maximum atomic E-state index is 11.1. The monoisotopic (exact) mass is 214 g/mol. The molecular formula is C11H18O4. The Morgan fingerprint density at radius 1 is 1.47 bits per heavy atom. The summed E-state index contributed by atoms with van der Waals surface area (Å²) in [6.07, 6.45) is 3.31. The summed E-state index contributed by atoms with van der Waals surface area (Å²) in [6, 6.07) is 0. The van der Waals surface area contributed by atoms with Crippen LogP contribution in [-0.2, 0) is 14.3 Å². The molecule has 1 unspecified atom stereocenters. The number of rotatable bonds is 4. The van der Waals surface area contributed by atoms with Crippen molar-refractivity contribution in [2.24, 2.45) is 11.3 Å². The Labute approximate surface area is 89.6 Å². The molecule has 86 valence electrons. The van der Waals surface area contributed by atoms with E-state index < -0.39 is 12.1 Å². The zero-order valence-corrected chi connectivity index (χ0v) is 9.07. The minimum Gasteiger partial charge on any atom is -0.479 e. The molecule has 2 fully saturated rings. The highest BCUT2D eigenvalue weighted by Gasteiger charge is 2.57. The quantitative estimate of drug-likeness (QED) is 0.766. The van der Waals surface area contributed by atoms with Gasteiger partial charge in [0, 0.05) is 25.7 Å². The maximum absolute atomic E-state index is 11.1. The summed E-state index contributed by atoms with van der Waals surface area (Å²) in [6.45, 7) is 1.53. The number of carboxylic acid groups (broad SMARTS) is 1. The van der Waals surface area contributed by atoms with Crippen LogP contribution < -0.4 is 0 Å². The lowest BCUT2D eigenvalue weighted by molar-refractivity contribution is -0.156. The number of hydrogen-bond acceptors (Lipinski definition) is 3. The molecule has 0 aromatic heterocycles. The second-order valence-electron chi connectivity index (χ2n) is 4.57. The van der Waals surface area contributed by atoms with Gasteiger partial charge in [0.1, 0.15) is 0 Å². The van der Waals surface area contributed by atoms with Crippen molar-refractivity contribution >= 4 is 5.97 Å². The van der Waals surface area contributed by atoms with Gasteiger partial charge in [-0.05, 0) is 31.6 Å². The normalized spacial score (nSPS) is 27.3. The van der Waals surface area contributed by atoms with Gasteiger partial charge in [-0.3, -0.25) is 0 Å². The summed E-state index contributed by atoms with van der Waals surface area (Å²) in [5.74, 6) is -0.353. The van der Waals surface area contributed by atoms with Gasteiger partial charge in [-0.1, -0.05) is 0 Å². The lowest BCUT2D eigenvalue weighted by Gasteiger charge is -2.33. The van der Waals surface area contributed by atoms with Gasteiger partial charge in [-0.2, -0.15) is 0 Å². The molecule has 1 saturated carbocycles. The van der Waals surface area contributed by atoms with Crippen molar-refractivity contribution in [3.63, 3.8) is 0 Å². The van der Waals surface area contributed by atoms with Crippen LogP contribution in [0.4, 0.5) is 0 Å². The molecule has 0 aromatic carbocycles. The van der Waals surface area contributed by atoms with E-state index in [1.807, 2.05) is 0 Å². The van der Waals surface area contributed by atoms with Crippen molar-refractivity contribution < 1.29 is 19.4 Å². The molecule has 0 spiro atoms. The Morgan fingerprint density at radius 3 is 2.47 bits per heavy atom. The zero-order valence-electron chi connectivity index (χ0n) is 9.07. The summed E-state index contributed by atoms with van der Waals surface area (Å²) in [4.78, 5) is 11.1. The molecule has 2 aliphatic rings. The molecule has 1 aliphatic carbocycles. The predicted molar refractivity (Wildman–Crippen MR) is 53.6 cm³/mol. The fourth-order valence-corrected chi connectivity index (χ4v) is 2.88. The average Bonchev–Trinajstić information content (AvgIpc) is 3.01. The number of aliphatic carboxylic acids is 1. The van der Waals surface area contributed by atoms with Crippen LogP contribution in [0.2, 0.25) is 0 Å². The lowest BCUT2D eigenvalue weighted by atomic mass is 9.79. The fraction of sp³-hybridized carbons (Fsp3) is 0.909. The average molecular weight is 214 g/mol. The molecule has 1 N–H and O–H groups in total. The molecule has 1 heterocycles. The van der Waals surface area contributed by atoms with Crippen molar-refractivity contribution in [1.29, 1.82) is 0 Å². The molecular weight excluding hydrogens is 196 g/mol. The van der Waals surface area contributed by atoms with Gasteiger partial charge in [-0.25, -0.2) is 4.79 Å². The van der Waals surface area contributed by atoms with Gasteiger partial charge in [0.05, 0.1) is 0 Å². The van der Waals surface area contributed by atoms with Crippen molar-refractivity contribution in [1.82, 2.24) is 0 Å². The molecule has 0 radical (unpaired) electrons. The van der Waals surface area contributed by atoms with E-state index in [4.69, 9.17) is 14.6 Å². The van der Waals surface area contributed by atoms with E-state index in [1.54, 1.807) is 0 Å². The maximum Gasteiger partial charge on any atom is 0.333 e. The predicted octanol–water partition coefficient (Wildman–Crippen LogP) is 1.29. The third-order valence-electron chi connectivity index (χ3n) is 3.84. The molecule has 4 nitrogen and oxygen atoms in total. The lowest BCUT2D eigenvalue weighted by Crippen LogP contribution is -2.39. The standard InChI is InChI=1S/C11H18O4/c1-14-9(10(12)13)11(4-5-11)8-2-6-15-7-3-8/h8-9H,2-7H2,1H3,(H,12,13). The first kappa shape index (κ1) is 10.9. The van der Waals surface area contributed by atoms with Crippen molar-refractivity contribution in [2.45, 2.75) is 31.8 Å². The molecule has 4 heteroatoms. The van der Waals surface area contributed by atoms with Crippen LogP contribution in [0.5, 0.6) is 0 Å². The summed E-state index contributed by atoms with van der Waals surface area (Å²) < 4.78 is 10.5. The van der Waals surface area contributed by atoms with Crippen LogP contribution in [0.1, 0.15) is 25.7 Å². The van der Waals surface area contributed by atoms with Crippen molar-refractivity contribution in [2.75, 3.05) is 20.3 Å². The van der Waals surface area contributed by atoms with E-state index in [0.29, 0.717) is 5.92 Å². The van der Waals surface area contributed by atoms with E-state index in [-0.39, 0.29) is 5.41 Å². The van der Waals surface area contributed by atoms with E-state index in [1.165, 1.54) is 7.11 Å². The molecule has 0 aromatic rings. The Balaban J connectivity index is 2.07. The fourth-order valence-electron chi connectivity index (χ4n) is 2.88. The first-order valence-electron chi connectivity index (χ1n) is 5.54. The van der Waals surface area contributed by atoms with Crippen LogP contribution in [0.15, 0.2) is 0 Å². The Bertz CT molecular complexity index is 241. The summed E-state index contributed by atoms with van der Waals surface area (Å²) >= 11 is 0. The summed E-state index contributed by atoms with van der Waals surface area (Å²) in [7, 11) is 1.50. The van der Waals surface area contributed by atoms with Gasteiger partial charge in [0.2, 0.25) is 0 Å². The van der Waals surface area contributed by atoms with Gasteiger partial charge >= 0.3 is 5.97 Å². The first-order chi connectivity index (χ1) is 7.20. The number of hydrogen-bond donors (Lipinski definition) is 1. The third kappa shape index (κ3) is 1.88. The van der Waals surface area contributed by atoms with E-state index >= 15 is 0 Å². The third-order valence-corrected chi connectivity index (χ3v) is 3.84. The van der Waals surface area contributed by atoms with Gasteiger partial charge in [0.15, 0.2) is 6.10 Å². The van der Waals surface area contributed by atoms with Crippen LogP contribution in [0.25, 0.3) is 0 Å². The molecule has 1 saturated heterocycles. The molecule has 15 heavy (non-hydrogen) atoms. The Kier molecular flexibility index (Phi) is 2.98. The number of methoxy groups -OCH3 is 1. The smallest absolute Gasteiger partial charge is 0.333 e. The highest BCUT2D eigenvalue weighted by Crippen LogP contribution is 2.58. The first-order valence-corrected chi connectivity index (χ1v) is 5.54. The van der Waals surface area contributed by atoms with Crippen molar-refractivity contribution in [3.8, 4) is 0 Å². The molecule has 1 atom stereocenters. The van der Waals surface area contributed by atoms with Gasteiger partial charge in [0.25, 0.3) is 0 Å². The molecule has 0 amide bonds. The van der Waals surface area contributed by atoms with Crippen LogP contribution >= 0.6 is 0 Å². The largest absolute Gasteiger partial charge is 0.479 e. The van der Waals surface area contributed by atoms with Crippen LogP contribution in [-0.4, -0.2) is 37.5 Å². The summed E-state index contributed by atoms with van der Waals surface area (Å²) in [5.41, 5.74) is -0.0929. The van der Waals surface area contributed by atoms with E-state index in [2.05, 4.69) is 0 Å². The Morgan fingerprint density at radius 2 is 2.07 bits per heavy atom. The molecule has 2 rings (SSSR count). The summed E-state index contributed by atoms with van der Waals surface area (Å²) in [5, 5.41) is 9.12. The van der Waals surface area contributed by atoms with Gasteiger partial charge in [-0.15, -0.1) is 0 Å². The topological polar surface area (TPSA) is 55.8 Å². The minimum atomic E-state index is -0.818. The highest BCUT2D eigenvalue weighted by atomic mass is 16.5. The SMILES string of the molecule is COC(C(=O)O)C1(C2CCOCC2)CC1. The molecule has 0 bridgehead atoms. The number of ether oxygens (including phenoxy) is 2. The zero-order chi connectivity index (χ0) is 10.9. The second-order valence-corrected chi connectivity index (χ2v) is 4.57. The highest BCUT2D eigenvalue weighted by molar-refractivity contribution is 5.74.